The van der Waals surface area contributed by atoms with Crippen molar-refractivity contribution in [1.82, 2.24) is 4.90 Å². The largest absolute Gasteiger partial charge is 0.508 e. The van der Waals surface area contributed by atoms with Crippen LogP contribution in [0.4, 0.5) is 11.4 Å². The number of ketones is 1. The SMILES string of the molecule is CC12CCC3C(=CCc4cc(O)ccc43)C1CCC2=O.CCN(CC)C(C)CN1c2ccccc2Sc2ccccc21.Cl. The number of aromatic hydroxyl groups is 1. The minimum absolute atomic E-state index is 0. The van der Waals surface area contributed by atoms with Crippen LogP contribution in [0.25, 0.3) is 0 Å². The maximum atomic E-state index is 12.2. The van der Waals surface area contributed by atoms with Crippen LogP contribution in [0.15, 0.2) is 88.2 Å². The lowest BCUT2D eigenvalue weighted by molar-refractivity contribution is -0.126. The van der Waals surface area contributed by atoms with E-state index in [4.69, 9.17) is 0 Å². The molecule has 7 rings (SSSR count). The minimum Gasteiger partial charge on any atom is -0.508 e. The number of rotatable bonds is 5. The van der Waals surface area contributed by atoms with E-state index in [2.05, 4.69) is 98.2 Å². The summed E-state index contributed by atoms with van der Waals surface area (Å²) in [5.74, 6) is 1.76. The lowest BCUT2D eigenvalue weighted by Crippen LogP contribution is -2.41. The van der Waals surface area contributed by atoms with E-state index >= 15 is 0 Å². The summed E-state index contributed by atoms with van der Waals surface area (Å²) in [4.78, 5) is 20.0. The summed E-state index contributed by atoms with van der Waals surface area (Å²) in [6, 6.07) is 23.8. The molecule has 0 amide bonds. The van der Waals surface area contributed by atoms with Crippen LogP contribution in [0.1, 0.15) is 70.4 Å². The molecule has 0 radical (unpaired) electrons. The summed E-state index contributed by atoms with van der Waals surface area (Å²) in [5, 5.41) is 9.64. The quantitative estimate of drug-likeness (QED) is 0.290. The number of benzene rings is 3. The number of likely N-dealkylation sites (N-methyl/N-ethyl adjacent to an activating group) is 1. The molecule has 2 saturated carbocycles. The molecule has 1 heterocycles. The van der Waals surface area contributed by atoms with Gasteiger partial charge in [0.05, 0.1) is 11.4 Å². The maximum Gasteiger partial charge on any atom is 0.139 e. The van der Waals surface area contributed by atoms with Crippen LogP contribution >= 0.6 is 24.2 Å². The van der Waals surface area contributed by atoms with Gasteiger partial charge >= 0.3 is 0 Å². The topological polar surface area (TPSA) is 43.8 Å². The molecule has 0 aromatic heterocycles. The van der Waals surface area contributed by atoms with Gasteiger partial charge in [-0.1, -0.05) is 74.5 Å². The smallest absolute Gasteiger partial charge is 0.139 e. The van der Waals surface area contributed by atoms with E-state index in [-0.39, 0.29) is 17.8 Å². The highest BCUT2D eigenvalue weighted by Crippen LogP contribution is 2.58. The Morgan fingerprint density at radius 3 is 2.30 bits per heavy atom. The Balaban J connectivity index is 0.000000168. The summed E-state index contributed by atoms with van der Waals surface area (Å²) in [5.41, 5.74) is 6.71. The van der Waals surface area contributed by atoms with E-state index in [0.717, 1.165) is 51.7 Å². The van der Waals surface area contributed by atoms with Gasteiger partial charge in [-0.15, -0.1) is 12.4 Å². The summed E-state index contributed by atoms with van der Waals surface area (Å²) >= 11 is 1.88. The molecule has 2 fully saturated rings. The number of halogens is 1. The van der Waals surface area contributed by atoms with Crippen molar-refractivity contribution in [3.05, 3.63) is 89.5 Å². The van der Waals surface area contributed by atoms with Gasteiger partial charge in [-0.3, -0.25) is 9.69 Å². The second-order valence-corrected chi connectivity index (χ2v) is 13.6. The molecule has 0 bridgehead atoms. The van der Waals surface area contributed by atoms with Crippen molar-refractivity contribution in [2.45, 2.75) is 81.5 Å². The first kappa shape index (κ1) is 31.7. The molecule has 3 aromatic carbocycles. The first-order valence-corrected chi connectivity index (χ1v) is 16.6. The monoisotopic (exact) mass is 616 g/mol. The summed E-state index contributed by atoms with van der Waals surface area (Å²) in [6.07, 6.45) is 7.11. The fourth-order valence-corrected chi connectivity index (χ4v) is 9.03. The summed E-state index contributed by atoms with van der Waals surface area (Å²) in [7, 11) is 0. The van der Waals surface area contributed by atoms with Crippen molar-refractivity contribution in [2.24, 2.45) is 11.3 Å². The third kappa shape index (κ3) is 5.89. The highest BCUT2D eigenvalue weighted by atomic mass is 35.5. The summed E-state index contributed by atoms with van der Waals surface area (Å²) in [6.45, 7) is 12.2. The van der Waals surface area contributed by atoms with Crippen molar-refractivity contribution >= 4 is 41.3 Å². The van der Waals surface area contributed by atoms with Gasteiger partial charge in [0.25, 0.3) is 0 Å². The standard InChI is InChI=1S/C19H24N2S.C18H20O2.ClH/c1-4-20(5-2)15(3)14-21-16-10-6-8-12-18(16)22-19-13-9-7-11-17(19)21;1-18-9-8-14-13-5-3-12(19)10-11(13)2-4-15(14)16(18)6-7-17(18)20;/h6-13,15H,4-5,14H2,1-3H3;3-5,10,14,16,19H,2,6-9H2,1H3;1H. The highest BCUT2D eigenvalue weighted by Gasteiger charge is 2.52. The third-order valence-electron chi connectivity index (χ3n) is 10.3. The van der Waals surface area contributed by atoms with Gasteiger partial charge < -0.3 is 10.0 Å². The molecule has 6 heteroatoms. The number of para-hydroxylation sites is 2. The van der Waals surface area contributed by atoms with Crippen LogP contribution in [0.5, 0.6) is 5.75 Å². The molecule has 4 nitrogen and oxygen atoms in total. The normalized spacial score (nSPS) is 23.8. The molecule has 4 unspecified atom stereocenters. The van der Waals surface area contributed by atoms with Crippen LogP contribution < -0.4 is 4.90 Å². The van der Waals surface area contributed by atoms with E-state index in [1.807, 2.05) is 17.8 Å². The number of carbonyl (C=O) groups is 1. The van der Waals surface area contributed by atoms with Crippen molar-refractivity contribution in [1.29, 1.82) is 0 Å². The average Bonchev–Trinajstić information content (AvgIpc) is 3.31. The molecule has 228 valence electrons. The predicted molar refractivity (Wildman–Crippen MR) is 181 cm³/mol. The second kappa shape index (κ2) is 13.1. The predicted octanol–water partition coefficient (Wildman–Crippen LogP) is 9.18. The minimum atomic E-state index is -0.100. The number of hydrogen-bond donors (Lipinski definition) is 1. The lowest BCUT2D eigenvalue weighted by atomic mass is 9.60. The number of phenolic OH excluding ortho intramolecular Hbond substituents is 1. The zero-order valence-corrected chi connectivity index (χ0v) is 27.5. The van der Waals surface area contributed by atoms with E-state index in [1.165, 1.54) is 37.9 Å². The van der Waals surface area contributed by atoms with Crippen molar-refractivity contribution < 1.29 is 9.90 Å². The lowest BCUT2D eigenvalue weighted by Gasteiger charge is -2.43. The van der Waals surface area contributed by atoms with Crippen LogP contribution in [-0.2, 0) is 11.2 Å². The molecule has 0 spiro atoms. The van der Waals surface area contributed by atoms with Gasteiger partial charge in [-0.25, -0.2) is 0 Å². The molecule has 3 aliphatic carbocycles. The van der Waals surface area contributed by atoms with Gasteiger partial charge in [0.2, 0.25) is 0 Å². The molecular weight excluding hydrogens is 572 g/mol. The number of nitrogens with zero attached hydrogens (tertiary/aromatic N) is 2. The molecule has 3 aromatic rings. The third-order valence-corrected chi connectivity index (χ3v) is 11.4. The molecule has 43 heavy (non-hydrogen) atoms. The van der Waals surface area contributed by atoms with Crippen molar-refractivity contribution in [3.63, 3.8) is 0 Å². The Bertz CT molecular complexity index is 1460. The molecule has 4 atom stereocenters. The number of hydrogen-bond acceptors (Lipinski definition) is 5. The van der Waals surface area contributed by atoms with Crippen LogP contribution in [0, 0.1) is 11.3 Å². The Hall–Kier alpha value is -2.73. The number of allylic oxidation sites excluding steroid dienone is 2. The fraction of sp³-hybridized carbons (Fsp3) is 0.432. The van der Waals surface area contributed by atoms with Crippen molar-refractivity contribution in [3.8, 4) is 5.75 Å². The molecule has 4 aliphatic rings. The molecule has 1 N–H and O–H groups in total. The highest BCUT2D eigenvalue weighted by molar-refractivity contribution is 7.99. The van der Waals surface area contributed by atoms with Crippen LogP contribution in [-0.4, -0.2) is 41.5 Å². The molecule has 0 saturated heterocycles. The average molecular weight is 617 g/mol. The Morgan fingerprint density at radius 1 is 1.00 bits per heavy atom. The first-order valence-electron chi connectivity index (χ1n) is 15.8. The van der Waals surface area contributed by atoms with Gasteiger partial charge in [0.15, 0.2) is 0 Å². The number of phenols is 1. The second-order valence-electron chi connectivity index (χ2n) is 12.5. The molecule has 1 aliphatic heterocycles. The Labute approximate surface area is 268 Å². The van der Waals surface area contributed by atoms with Crippen LogP contribution in [0.3, 0.4) is 0 Å². The van der Waals surface area contributed by atoms with E-state index in [9.17, 15) is 9.90 Å². The number of fused-ring (bicyclic) bond motifs is 7. The van der Waals surface area contributed by atoms with Crippen molar-refractivity contribution in [2.75, 3.05) is 24.5 Å². The van der Waals surface area contributed by atoms with Gasteiger partial charge in [0.1, 0.15) is 11.5 Å². The Kier molecular flexibility index (Phi) is 9.65. The number of carbonyl (C=O) groups excluding carboxylic acids is 1. The summed E-state index contributed by atoms with van der Waals surface area (Å²) < 4.78 is 0. The number of anilines is 2. The zero-order chi connectivity index (χ0) is 29.4. The Morgan fingerprint density at radius 2 is 1.65 bits per heavy atom. The maximum absolute atomic E-state index is 12.2. The molecular formula is C37H45ClN2O2S. The fourth-order valence-electron chi connectivity index (χ4n) is 7.94. The zero-order valence-electron chi connectivity index (χ0n) is 25.9. The van der Waals surface area contributed by atoms with Gasteiger partial charge in [0, 0.05) is 40.1 Å². The van der Waals surface area contributed by atoms with E-state index < -0.39 is 0 Å². The van der Waals surface area contributed by atoms with Crippen LogP contribution in [0.2, 0.25) is 0 Å². The van der Waals surface area contributed by atoms with Gasteiger partial charge in [-0.05, 0) is 99.1 Å². The van der Waals surface area contributed by atoms with Gasteiger partial charge in [-0.2, -0.15) is 0 Å². The van der Waals surface area contributed by atoms with E-state index in [0.29, 0.717) is 29.4 Å². The first-order chi connectivity index (χ1) is 20.3. The van der Waals surface area contributed by atoms with E-state index in [1.54, 1.807) is 6.07 Å². The number of Topliss-reactive ketones (excluding diaryl/α,β-unsaturated/α-hetero) is 1.